The Labute approximate surface area is 117 Å². The maximum Gasteiger partial charge on any atom is 1.00 e. The first-order chi connectivity index (χ1) is 7.45. The zero-order valence-electron chi connectivity index (χ0n) is 9.04. The van der Waals surface area contributed by atoms with Crippen LogP contribution in [0.2, 0.25) is 0 Å². The van der Waals surface area contributed by atoms with Crippen LogP contribution >= 0.6 is 23.9 Å². The van der Waals surface area contributed by atoms with Crippen molar-refractivity contribution in [3.63, 3.8) is 0 Å². The predicted octanol–water partition coefficient (Wildman–Crippen LogP) is 1.78. The van der Waals surface area contributed by atoms with Crippen molar-refractivity contribution in [3.8, 4) is 0 Å². The van der Waals surface area contributed by atoms with Crippen LogP contribution in [0.4, 0.5) is 0 Å². The van der Waals surface area contributed by atoms with Gasteiger partial charge >= 0.3 is 18.9 Å². The zero-order valence-corrected chi connectivity index (χ0v) is 10.7. The van der Waals surface area contributed by atoms with E-state index in [1.165, 1.54) is 33.7 Å². The standard InChI is InChI=1S/C12H10NS2.Li/c1-3-7-11(8-4-1)14-13-15-12-9-5-2-6-10-12;/h1-10H;/q-1;+1. The molecule has 0 fully saturated rings. The third kappa shape index (κ3) is 4.69. The van der Waals surface area contributed by atoms with Gasteiger partial charge in [-0.15, -0.1) is 0 Å². The first-order valence-electron chi connectivity index (χ1n) is 4.59. The van der Waals surface area contributed by atoms with Gasteiger partial charge in [-0.1, -0.05) is 60.7 Å². The van der Waals surface area contributed by atoms with Gasteiger partial charge in [-0.05, 0) is 9.79 Å². The maximum atomic E-state index is 4.35. The molecule has 2 rings (SSSR count). The van der Waals surface area contributed by atoms with E-state index < -0.39 is 0 Å². The molecule has 0 aliphatic heterocycles. The monoisotopic (exact) mass is 239 g/mol. The zero-order chi connectivity index (χ0) is 10.3. The number of nitrogens with zero attached hydrogens (tertiary/aromatic N) is 1. The summed E-state index contributed by atoms with van der Waals surface area (Å²) >= 11 is 3.01. The topological polar surface area (TPSA) is 14.1 Å². The first-order valence-corrected chi connectivity index (χ1v) is 6.14. The molecule has 0 spiro atoms. The Morgan fingerprint density at radius 2 is 1.00 bits per heavy atom. The van der Waals surface area contributed by atoms with Crippen LogP contribution in [0.25, 0.3) is 4.13 Å². The van der Waals surface area contributed by atoms with Crippen molar-refractivity contribution in [2.75, 3.05) is 0 Å². The van der Waals surface area contributed by atoms with Crippen molar-refractivity contribution >= 4 is 23.9 Å². The van der Waals surface area contributed by atoms with Crippen LogP contribution in [0.1, 0.15) is 0 Å². The molecule has 0 atom stereocenters. The number of rotatable bonds is 4. The molecule has 0 saturated carbocycles. The van der Waals surface area contributed by atoms with Gasteiger partial charge in [0.1, 0.15) is 0 Å². The van der Waals surface area contributed by atoms with Crippen LogP contribution in [-0.2, 0) is 0 Å². The van der Waals surface area contributed by atoms with Crippen molar-refractivity contribution in [1.82, 2.24) is 0 Å². The van der Waals surface area contributed by atoms with E-state index >= 15 is 0 Å². The molecule has 76 valence electrons. The first kappa shape index (κ1) is 13.8. The van der Waals surface area contributed by atoms with Gasteiger partial charge in [0.2, 0.25) is 0 Å². The average molecular weight is 239 g/mol. The summed E-state index contributed by atoms with van der Waals surface area (Å²) in [5.41, 5.74) is 0. The minimum Gasteiger partial charge on any atom is -0.542 e. The molecule has 0 radical (unpaired) electrons. The van der Waals surface area contributed by atoms with Crippen molar-refractivity contribution in [2.45, 2.75) is 9.79 Å². The molecule has 0 heterocycles. The third-order valence-corrected chi connectivity index (χ3v) is 3.33. The maximum absolute atomic E-state index is 4.35. The molecule has 1 nitrogen and oxygen atoms in total. The summed E-state index contributed by atoms with van der Waals surface area (Å²) in [4.78, 5) is 2.34. The summed E-state index contributed by atoms with van der Waals surface area (Å²) < 4.78 is 4.35. The van der Waals surface area contributed by atoms with Gasteiger partial charge in [0.25, 0.3) is 0 Å². The van der Waals surface area contributed by atoms with E-state index in [0.29, 0.717) is 0 Å². The van der Waals surface area contributed by atoms with Crippen molar-refractivity contribution < 1.29 is 18.9 Å². The molecule has 16 heavy (non-hydrogen) atoms. The molecular formula is C12H10LiNS2. The van der Waals surface area contributed by atoms with E-state index in [9.17, 15) is 0 Å². The largest absolute Gasteiger partial charge is 1.00 e. The van der Waals surface area contributed by atoms with Crippen LogP contribution in [0.3, 0.4) is 0 Å². The Balaban J connectivity index is 0.00000128. The van der Waals surface area contributed by atoms with Crippen molar-refractivity contribution in [2.24, 2.45) is 0 Å². The second-order valence-corrected chi connectivity index (χ2v) is 4.79. The quantitative estimate of drug-likeness (QED) is 0.596. The van der Waals surface area contributed by atoms with Gasteiger partial charge in [0, 0.05) is 0 Å². The minimum absolute atomic E-state index is 0. The summed E-state index contributed by atoms with van der Waals surface area (Å²) in [7, 11) is 0. The summed E-state index contributed by atoms with van der Waals surface area (Å²) in [5.74, 6) is 0. The van der Waals surface area contributed by atoms with Gasteiger partial charge in [-0.3, -0.25) is 0 Å². The minimum atomic E-state index is 0. The normalized spacial score (nSPS) is 9.50. The third-order valence-electron chi connectivity index (χ3n) is 1.77. The second kappa shape index (κ2) is 7.89. The fraction of sp³-hybridized carbons (Fsp3) is 0. The Morgan fingerprint density at radius 3 is 1.38 bits per heavy atom. The van der Waals surface area contributed by atoms with Gasteiger partial charge in [-0.2, -0.15) is 0 Å². The summed E-state index contributed by atoms with van der Waals surface area (Å²) in [6.07, 6.45) is 0. The van der Waals surface area contributed by atoms with Gasteiger partial charge in [-0.25, -0.2) is 23.9 Å². The van der Waals surface area contributed by atoms with Crippen LogP contribution in [0.15, 0.2) is 70.5 Å². The molecule has 4 heteroatoms. The van der Waals surface area contributed by atoms with Gasteiger partial charge < -0.3 is 4.13 Å². The van der Waals surface area contributed by atoms with Crippen LogP contribution < -0.4 is 18.9 Å². The number of benzene rings is 2. The number of hydrogen-bond donors (Lipinski definition) is 0. The molecule has 0 N–H and O–H groups in total. The molecule has 0 aliphatic carbocycles. The summed E-state index contributed by atoms with van der Waals surface area (Å²) in [6.45, 7) is 0. The second-order valence-electron chi connectivity index (χ2n) is 2.88. The van der Waals surface area contributed by atoms with E-state index in [4.69, 9.17) is 0 Å². The molecule has 0 amide bonds. The Hall–Kier alpha value is -0.303. The molecule has 2 aromatic carbocycles. The average Bonchev–Trinajstić information content (AvgIpc) is 2.32. The summed E-state index contributed by atoms with van der Waals surface area (Å²) in [6, 6.07) is 20.3. The molecule has 0 aliphatic rings. The van der Waals surface area contributed by atoms with E-state index in [-0.39, 0.29) is 18.9 Å². The molecular weight excluding hydrogens is 229 g/mol. The van der Waals surface area contributed by atoms with Crippen LogP contribution in [0.5, 0.6) is 0 Å². The molecule has 0 saturated heterocycles. The van der Waals surface area contributed by atoms with Crippen molar-refractivity contribution in [1.29, 1.82) is 0 Å². The van der Waals surface area contributed by atoms with Gasteiger partial charge in [0.15, 0.2) is 0 Å². The molecule has 2 aromatic rings. The predicted molar refractivity (Wildman–Crippen MR) is 68.0 cm³/mol. The van der Waals surface area contributed by atoms with E-state index in [1.54, 1.807) is 0 Å². The smallest absolute Gasteiger partial charge is 0.542 e. The van der Waals surface area contributed by atoms with E-state index in [2.05, 4.69) is 28.4 Å². The fourth-order valence-corrected chi connectivity index (χ4v) is 2.46. The fourth-order valence-electron chi connectivity index (χ4n) is 1.07. The number of hydrogen-bond acceptors (Lipinski definition) is 2. The molecule has 0 unspecified atom stereocenters. The Morgan fingerprint density at radius 1 is 0.625 bits per heavy atom. The van der Waals surface area contributed by atoms with E-state index in [0.717, 1.165) is 0 Å². The Kier molecular flexibility index (Phi) is 6.78. The SMILES string of the molecule is [Li+].c1ccc(S[N-]Sc2ccccc2)cc1. The summed E-state index contributed by atoms with van der Waals surface area (Å²) in [5, 5.41) is 0. The molecule has 0 aromatic heterocycles. The van der Waals surface area contributed by atoms with Crippen LogP contribution in [-0.4, -0.2) is 0 Å². The van der Waals surface area contributed by atoms with Crippen molar-refractivity contribution in [3.05, 3.63) is 64.8 Å². The molecule has 0 bridgehead atoms. The van der Waals surface area contributed by atoms with E-state index in [1.807, 2.05) is 36.4 Å². The Bertz CT molecular complexity index is 355. The van der Waals surface area contributed by atoms with Gasteiger partial charge in [0.05, 0.1) is 0 Å². The van der Waals surface area contributed by atoms with Crippen LogP contribution in [0, 0.1) is 0 Å².